The number of nitrogen functional groups attached to an aromatic ring is 1. The number of aromatic nitrogens is 3. The van der Waals surface area contributed by atoms with Crippen LogP contribution in [0.4, 0.5) is 5.95 Å². The number of hydrogen-bond acceptors (Lipinski definition) is 3. The van der Waals surface area contributed by atoms with Crippen LogP contribution in [0.1, 0.15) is 19.8 Å². The lowest BCUT2D eigenvalue weighted by Crippen LogP contribution is -2.04. The third-order valence-electron chi connectivity index (χ3n) is 2.64. The smallest absolute Gasteiger partial charge is 0.240 e. The monoisotopic (exact) mass is 244 g/mol. The number of nitrogens with two attached hydrogens (primary N) is 1. The van der Waals surface area contributed by atoms with Crippen LogP contribution in [0.25, 0.3) is 0 Å². The molecule has 0 unspecified atom stereocenters. The van der Waals surface area contributed by atoms with Crippen LogP contribution in [0.5, 0.6) is 0 Å². The summed E-state index contributed by atoms with van der Waals surface area (Å²) in [4.78, 5) is 3.99. The molecule has 0 bridgehead atoms. The lowest BCUT2D eigenvalue weighted by molar-refractivity contribution is 0.516. The molecule has 1 aliphatic rings. The van der Waals surface area contributed by atoms with Crippen molar-refractivity contribution in [3.63, 3.8) is 0 Å². The number of rotatable bonds is 3. The van der Waals surface area contributed by atoms with E-state index in [-0.39, 0.29) is 0 Å². The fourth-order valence-electron chi connectivity index (χ4n) is 1.71. The second-order valence-corrected chi connectivity index (χ2v) is 4.29. The van der Waals surface area contributed by atoms with Gasteiger partial charge >= 0.3 is 0 Å². The summed E-state index contributed by atoms with van der Waals surface area (Å²) in [5.74, 6) is 2.01. The number of hydrogen-bond donors (Lipinski definition) is 1. The lowest BCUT2D eigenvalue weighted by Gasteiger charge is -1.99. The first-order valence-corrected chi connectivity index (χ1v) is 5.35. The van der Waals surface area contributed by atoms with Crippen LogP contribution < -0.4 is 5.73 Å². The van der Waals surface area contributed by atoms with Crippen LogP contribution in [0.2, 0.25) is 0 Å². The Balaban J connectivity index is 1.99. The van der Waals surface area contributed by atoms with Gasteiger partial charge in [0.2, 0.25) is 5.95 Å². The molecule has 1 saturated carbocycles. The van der Waals surface area contributed by atoms with E-state index in [4.69, 9.17) is 5.73 Å². The molecule has 2 rings (SSSR count). The Morgan fingerprint density at radius 2 is 2.38 bits per heavy atom. The lowest BCUT2D eigenvalue weighted by atomic mass is 10.2. The minimum atomic E-state index is 0.348. The highest BCUT2D eigenvalue weighted by atomic mass is 79.9. The molecular weight excluding hydrogens is 232 g/mol. The van der Waals surface area contributed by atoms with E-state index in [2.05, 4.69) is 32.9 Å². The molecule has 2 N–H and O–H groups in total. The molecule has 1 heterocycles. The fraction of sp³-hybridized carbons (Fsp3) is 0.750. The van der Waals surface area contributed by atoms with Crippen LogP contribution in [0, 0.1) is 11.8 Å². The predicted octanol–water partition coefficient (Wildman–Crippen LogP) is 1.67. The van der Waals surface area contributed by atoms with Crippen LogP contribution in [0.15, 0.2) is 4.73 Å². The highest BCUT2D eigenvalue weighted by Gasteiger charge is 2.35. The van der Waals surface area contributed by atoms with Crippen molar-refractivity contribution < 1.29 is 0 Å². The standard InChI is InChI=1S/C8H13BrN4/c1-2-5-3-6(5)4-13-7(9)11-8(10)12-13/h5-6H,2-4H2,1H3,(H2,10,12)/t5-,6+/m1/s1. The quantitative estimate of drug-likeness (QED) is 0.881. The van der Waals surface area contributed by atoms with Gasteiger partial charge < -0.3 is 5.73 Å². The van der Waals surface area contributed by atoms with E-state index in [0.29, 0.717) is 5.95 Å². The van der Waals surface area contributed by atoms with Gasteiger partial charge in [-0.25, -0.2) is 4.68 Å². The Bertz CT molecular complexity index is 309. The molecule has 0 amide bonds. The van der Waals surface area contributed by atoms with Gasteiger partial charge in [0.15, 0.2) is 4.73 Å². The van der Waals surface area contributed by atoms with E-state index in [9.17, 15) is 0 Å². The Labute approximate surface area is 85.6 Å². The van der Waals surface area contributed by atoms with Gasteiger partial charge in [0.25, 0.3) is 0 Å². The summed E-state index contributed by atoms with van der Waals surface area (Å²) < 4.78 is 2.59. The normalized spacial score (nSPS) is 26.3. The minimum absolute atomic E-state index is 0.348. The fourth-order valence-corrected chi connectivity index (χ4v) is 2.12. The summed E-state index contributed by atoms with van der Waals surface area (Å²) in [6, 6.07) is 0. The zero-order chi connectivity index (χ0) is 9.42. The van der Waals surface area contributed by atoms with Crippen molar-refractivity contribution in [2.45, 2.75) is 26.3 Å². The molecule has 0 radical (unpaired) electrons. The van der Waals surface area contributed by atoms with Gasteiger partial charge in [-0.05, 0) is 34.2 Å². The van der Waals surface area contributed by atoms with Crippen molar-refractivity contribution in [1.82, 2.24) is 14.8 Å². The average molecular weight is 245 g/mol. The summed E-state index contributed by atoms with van der Waals surface area (Å²) >= 11 is 3.32. The van der Waals surface area contributed by atoms with Gasteiger partial charge in [-0.1, -0.05) is 13.3 Å². The molecule has 0 aliphatic heterocycles. The molecule has 0 spiro atoms. The third-order valence-corrected chi connectivity index (χ3v) is 3.23. The molecule has 5 heteroatoms. The van der Waals surface area contributed by atoms with Gasteiger partial charge in [0.05, 0.1) is 0 Å². The average Bonchev–Trinajstić information content (AvgIpc) is 2.74. The summed E-state index contributed by atoms with van der Waals surface area (Å²) in [7, 11) is 0. The molecule has 1 aromatic rings. The van der Waals surface area contributed by atoms with Gasteiger partial charge in [0, 0.05) is 6.54 Å². The molecule has 13 heavy (non-hydrogen) atoms. The van der Waals surface area contributed by atoms with Crippen molar-refractivity contribution in [2.75, 3.05) is 5.73 Å². The third kappa shape index (κ3) is 1.85. The Morgan fingerprint density at radius 3 is 2.85 bits per heavy atom. The molecule has 0 saturated heterocycles. The first kappa shape index (κ1) is 8.99. The van der Waals surface area contributed by atoms with Crippen LogP contribution in [-0.2, 0) is 6.54 Å². The van der Waals surface area contributed by atoms with Gasteiger partial charge in [0.1, 0.15) is 0 Å². The highest BCUT2D eigenvalue weighted by Crippen LogP contribution is 2.42. The first-order valence-electron chi connectivity index (χ1n) is 4.56. The highest BCUT2D eigenvalue weighted by molar-refractivity contribution is 9.10. The second-order valence-electron chi connectivity index (χ2n) is 3.59. The molecule has 1 aromatic heterocycles. The van der Waals surface area contributed by atoms with Crippen molar-refractivity contribution in [1.29, 1.82) is 0 Å². The Hall–Kier alpha value is -0.580. The van der Waals surface area contributed by atoms with E-state index >= 15 is 0 Å². The summed E-state index contributed by atoms with van der Waals surface area (Å²) in [5, 5.41) is 4.10. The van der Waals surface area contributed by atoms with Crippen molar-refractivity contribution in [3.8, 4) is 0 Å². The van der Waals surface area contributed by atoms with Gasteiger partial charge in [-0.15, -0.1) is 5.10 Å². The van der Waals surface area contributed by atoms with Gasteiger partial charge in [-0.2, -0.15) is 4.98 Å². The Kier molecular flexibility index (Phi) is 2.27. The molecule has 2 atom stereocenters. The maximum Gasteiger partial charge on any atom is 0.240 e. The maximum absolute atomic E-state index is 5.47. The number of anilines is 1. The van der Waals surface area contributed by atoms with Crippen molar-refractivity contribution in [2.24, 2.45) is 11.8 Å². The van der Waals surface area contributed by atoms with Crippen molar-refractivity contribution in [3.05, 3.63) is 4.73 Å². The van der Waals surface area contributed by atoms with Crippen molar-refractivity contribution >= 4 is 21.9 Å². The van der Waals surface area contributed by atoms with Crippen LogP contribution in [-0.4, -0.2) is 14.8 Å². The molecule has 4 nitrogen and oxygen atoms in total. The summed E-state index contributed by atoms with van der Waals surface area (Å²) in [6.07, 6.45) is 2.59. The largest absolute Gasteiger partial charge is 0.366 e. The minimum Gasteiger partial charge on any atom is -0.366 e. The van der Waals surface area contributed by atoms with E-state index in [1.165, 1.54) is 12.8 Å². The summed E-state index contributed by atoms with van der Waals surface area (Å²) in [6.45, 7) is 3.18. The molecular formula is C8H13BrN4. The van der Waals surface area contributed by atoms with E-state index in [0.717, 1.165) is 23.1 Å². The van der Waals surface area contributed by atoms with Crippen LogP contribution in [0.3, 0.4) is 0 Å². The SMILES string of the molecule is CC[C@@H]1C[C@H]1Cn1nc(N)nc1Br. The van der Waals surface area contributed by atoms with E-state index < -0.39 is 0 Å². The zero-order valence-electron chi connectivity index (χ0n) is 7.57. The zero-order valence-corrected chi connectivity index (χ0v) is 9.16. The molecule has 1 fully saturated rings. The maximum atomic E-state index is 5.47. The predicted molar refractivity (Wildman–Crippen MR) is 54.0 cm³/mol. The first-order chi connectivity index (χ1) is 6.20. The molecule has 0 aromatic carbocycles. The molecule has 1 aliphatic carbocycles. The van der Waals surface area contributed by atoms with E-state index in [1.807, 2.05) is 4.68 Å². The van der Waals surface area contributed by atoms with E-state index in [1.54, 1.807) is 0 Å². The number of nitrogens with zero attached hydrogens (tertiary/aromatic N) is 3. The second kappa shape index (κ2) is 3.29. The Morgan fingerprint density at radius 1 is 1.62 bits per heavy atom. The number of halogens is 1. The topological polar surface area (TPSA) is 56.7 Å². The molecule has 72 valence electrons. The summed E-state index contributed by atoms with van der Waals surface area (Å²) in [5.41, 5.74) is 5.47. The van der Waals surface area contributed by atoms with Crippen LogP contribution >= 0.6 is 15.9 Å². The van der Waals surface area contributed by atoms with Gasteiger partial charge in [-0.3, -0.25) is 0 Å².